The van der Waals surface area contributed by atoms with E-state index in [1.165, 1.54) is 7.11 Å². The van der Waals surface area contributed by atoms with Gasteiger partial charge in [-0.25, -0.2) is 19.5 Å². The molecule has 0 saturated heterocycles. The van der Waals surface area contributed by atoms with Gasteiger partial charge in [0.05, 0.1) is 39.4 Å². The Balaban J connectivity index is 1.83. The van der Waals surface area contributed by atoms with Gasteiger partial charge in [-0.2, -0.15) is 5.10 Å². The van der Waals surface area contributed by atoms with Gasteiger partial charge in [-0.05, 0) is 30.3 Å². The molecule has 0 aliphatic rings. The van der Waals surface area contributed by atoms with E-state index in [1.807, 2.05) is 30.3 Å². The van der Waals surface area contributed by atoms with Gasteiger partial charge in [-0.1, -0.05) is 0 Å². The Morgan fingerprint density at radius 3 is 2.43 bits per heavy atom. The van der Waals surface area contributed by atoms with Gasteiger partial charge in [-0.3, -0.25) is 0 Å². The summed E-state index contributed by atoms with van der Waals surface area (Å²) in [5.74, 6) is 1.75. The first-order chi connectivity index (χ1) is 13.6. The van der Waals surface area contributed by atoms with Crippen LogP contribution in [-0.2, 0) is 0 Å². The van der Waals surface area contributed by atoms with Crippen molar-refractivity contribution in [3.8, 4) is 40.0 Å². The fourth-order valence-corrected chi connectivity index (χ4v) is 2.85. The zero-order valence-electron chi connectivity index (χ0n) is 15.6. The number of fused-ring (bicyclic) bond motifs is 1. The maximum Gasteiger partial charge on any atom is 0.257 e. The predicted molar refractivity (Wildman–Crippen MR) is 104 cm³/mol. The summed E-state index contributed by atoms with van der Waals surface area (Å²) in [6.07, 6.45) is 3.24. The van der Waals surface area contributed by atoms with Gasteiger partial charge in [-0.15, -0.1) is 0 Å². The highest BCUT2D eigenvalue weighted by Crippen LogP contribution is 2.32. The van der Waals surface area contributed by atoms with Crippen LogP contribution in [0.1, 0.15) is 0 Å². The van der Waals surface area contributed by atoms with E-state index in [4.69, 9.17) is 25.0 Å². The number of nitrogens with two attached hydrogens (primary N) is 1. The SMILES string of the molecule is COc1ccc(-c2ccc3ncc(-c4cnc(N)c(OC)n4)n3n2)cc1OC. The van der Waals surface area contributed by atoms with E-state index in [9.17, 15) is 0 Å². The Kier molecular flexibility index (Phi) is 4.40. The van der Waals surface area contributed by atoms with Crippen LogP contribution < -0.4 is 19.9 Å². The number of anilines is 1. The van der Waals surface area contributed by atoms with Crippen molar-refractivity contribution < 1.29 is 14.2 Å². The molecule has 28 heavy (non-hydrogen) atoms. The highest BCUT2D eigenvalue weighted by molar-refractivity contribution is 5.67. The molecule has 142 valence electrons. The van der Waals surface area contributed by atoms with Crippen molar-refractivity contribution in [3.63, 3.8) is 0 Å². The predicted octanol–water partition coefficient (Wildman–Crippen LogP) is 2.46. The van der Waals surface area contributed by atoms with Crippen LogP contribution in [0.15, 0.2) is 42.7 Å². The molecule has 0 radical (unpaired) electrons. The summed E-state index contributed by atoms with van der Waals surface area (Å²) in [4.78, 5) is 12.9. The molecule has 0 spiro atoms. The highest BCUT2D eigenvalue weighted by atomic mass is 16.5. The van der Waals surface area contributed by atoms with Gasteiger partial charge < -0.3 is 19.9 Å². The minimum Gasteiger partial charge on any atom is -0.493 e. The zero-order valence-corrected chi connectivity index (χ0v) is 15.6. The van der Waals surface area contributed by atoms with Crippen LogP contribution in [0.4, 0.5) is 5.82 Å². The number of imidazole rings is 1. The number of benzene rings is 1. The Labute approximate surface area is 160 Å². The van der Waals surface area contributed by atoms with Gasteiger partial charge in [0.1, 0.15) is 11.4 Å². The topological polar surface area (TPSA) is 110 Å². The van der Waals surface area contributed by atoms with Gasteiger partial charge in [0.25, 0.3) is 5.88 Å². The third kappa shape index (κ3) is 2.92. The van der Waals surface area contributed by atoms with E-state index in [-0.39, 0.29) is 11.7 Å². The monoisotopic (exact) mass is 378 g/mol. The van der Waals surface area contributed by atoms with Crippen LogP contribution in [0.3, 0.4) is 0 Å². The quantitative estimate of drug-likeness (QED) is 0.564. The molecule has 9 nitrogen and oxygen atoms in total. The molecule has 0 saturated carbocycles. The Morgan fingerprint density at radius 1 is 0.857 bits per heavy atom. The lowest BCUT2D eigenvalue weighted by atomic mass is 10.1. The van der Waals surface area contributed by atoms with Gasteiger partial charge in [0.2, 0.25) is 0 Å². The Hall–Kier alpha value is -3.88. The molecule has 3 heterocycles. The lowest BCUT2D eigenvalue weighted by Crippen LogP contribution is -2.02. The molecule has 0 amide bonds. The second-order valence-electron chi connectivity index (χ2n) is 5.85. The number of nitrogens with zero attached hydrogens (tertiary/aromatic N) is 5. The molecule has 0 aliphatic heterocycles. The molecule has 0 atom stereocenters. The number of rotatable bonds is 5. The summed E-state index contributed by atoms with van der Waals surface area (Å²) in [7, 11) is 4.69. The van der Waals surface area contributed by atoms with Gasteiger partial charge >= 0.3 is 0 Å². The summed E-state index contributed by atoms with van der Waals surface area (Å²) in [6, 6.07) is 9.39. The highest BCUT2D eigenvalue weighted by Gasteiger charge is 2.14. The molecule has 2 N–H and O–H groups in total. The van der Waals surface area contributed by atoms with Crippen LogP contribution in [0, 0.1) is 0 Å². The number of nitrogen functional groups attached to an aromatic ring is 1. The first-order valence-corrected chi connectivity index (χ1v) is 8.38. The molecule has 1 aromatic carbocycles. The molecular weight excluding hydrogens is 360 g/mol. The number of methoxy groups -OCH3 is 3. The maximum atomic E-state index is 5.76. The minimum absolute atomic E-state index is 0.221. The van der Waals surface area contributed by atoms with Crippen LogP contribution in [0.25, 0.3) is 28.3 Å². The maximum absolute atomic E-state index is 5.76. The fourth-order valence-electron chi connectivity index (χ4n) is 2.85. The normalized spacial score (nSPS) is 10.8. The van der Waals surface area contributed by atoms with E-state index < -0.39 is 0 Å². The molecule has 0 unspecified atom stereocenters. The molecule has 3 aromatic heterocycles. The Bertz CT molecular complexity index is 1160. The van der Waals surface area contributed by atoms with Crippen molar-refractivity contribution in [2.24, 2.45) is 0 Å². The number of aromatic nitrogens is 5. The summed E-state index contributed by atoms with van der Waals surface area (Å²) in [6.45, 7) is 0. The number of ether oxygens (including phenoxy) is 3. The van der Waals surface area contributed by atoms with E-state index in [1.54, 1.807) is 31.1 Å². The molecule has 0 bridgehead atoms. The van der Waals surface area contributed by atoms with Gasteiger partial charge in [0.15, 0.2) is 23.0 Å². The van der Waals surface area contributed by atoms with Crippen molar-refractivity contribution in [3.05, 3.63) is 42.7 Å². The summed E-state index contributed by atoms with van der Waals surface area (Å²) < 4.78 is 17.5. The second kappa shape index (κ2) is 7.03. The first kappa shape index (κ1) is 17.5. The van der Waals surface area contributed by atoms with Crippen molar-refractivity contribution >= 4 is 11.5 Å². The molecule has 0 aliphatic carbocycles. The van der Waals surface area contributed by atoms with Crippen molar-refractivity contribution in [2.75, 3.05) is 27.1 Å². The van der Waals surface area contributed by atoms with Gasteiger partial charge in [0, 0.05) is 5.56 Å². The second-order valence-corrected chi connectivity index (χ2v) is 5.85. The molecular formula is C19H18N6O3. The largest absolute Gasteiger partial charge is 0.493 e. The van der Waals surface area contributed by atoms with Crippen molar-refractivity contribution in [1.82, 2.24) is 24.6 Å². The van der Waals surface area contributed by atoms with E-state index in [0.29, 0.717) is 28.5 Å². The summed E-state index contributed by atoms with van der Waals surface area (Å²) >= 11 is 0. The average Bonchev–Trinajstić information content (AvgIpc) is 3.16. The van der Waals surface area contributed by atoms with Crippen molar-refractivity contribution in [2.45, 2.75) is 0 Å². The van der Waals surface area contributed by atoms with Crippen LogP contribution in [0.2, 0.25) is 0 Å². The third-order valence-electron chi connectivity index (χ3n) is 4.26. The summed E-state index contributed by atoms with van der Waals surface area (Å²) in [5, 5.41) is 4.71. The zero-order chi connectivity index (χ0) is 19.7. The lowest BCUT2D eigenvalue weighted by Gasteiger charge is -2.10. The minimum atomic E-state index is 0.221. The van der Waals surface area contributed by atoms with Crippen LogP contribution in [-0.4, -0.2) is 45.9 Å². The first-order valence-electron chi connectivity index (χ1n) is 8.38. The molecule has 0 fully saturated rings. The van der Waals surface area contributed by atoms with E-state index in [2.05, 4.69) is 15.0 Å². The summed E-state index contributed by atoms with van der Waals surface area (Å²) in [5.41, 5.74) is 9.27. The standard InChI is InChI=1S/C19H18N6O3/c1-26-15-6-4-11(8-16(15)27-2)12-5-7-17-21-10-14(25(17)24-12)13-9-22-18(20)19(23-13)28-3/h4-10H,1-3H3,(H2,20,22). The molecule has 4 rings (SSSR count). The van der Waals surface area contributed by atoms with E-state index >= 15 is 0 Å². The lowest BCUT2D eigenvalue weighted by molar-refractivity contribution is 0.355. The van der Waals surface area contributed by atoms with Crippen LogP contribution in [0.5, 0.6) is 17.4 Å². The van der Waals surface area contributed by atoms with Crippen LogP contribution >= 0.6 is 0 Å². The number of hydrogen-bond donors (Lipinski definition) is 1. The molecule has 9 heteroatoms. The smallest absolute Gasteiger partial charge is 0.257 e. The van der Waals surface area contributed by atoms with Crippen molar-refractivity contribution in [1.29, 1.82) is 0 Å². The number of hydrogen-bond acceptors (Lipinski definition) is 8. The average molecular weight is 378 g/mol. The Morgan fingerprint density at radius 2 is 1.68 bits per heavy atom. The molecule has 4 aromatic rings. The third-order valence-corrected chi connectivity index (χ3v) is 4.26. The van der Waals surface area contributed by atoms with E-state index in [0.717, 1.165) is 11.3 Å². The fraction of sp³-hybridized carbons (Fsp3) is 0.158.